The van der Waals surface area contributed by atoms with Crippen molar-refractivity contribution < 1.29 is 18.0 Å². The number of benzene rings is 3. The molecule has 7 nitrogen and oxygen atoms in total. The highest BCUT2D eigenvalue weighted by molar-refractivity contribution is 7.92. The van der Waals surface area contributed by atoms with Gasteiger partial charge in [0.2, 0.25) is 11.8 Å². The average molecular weight is 639 g/mol. The number of amides is 2. The van der Waals surface area contributed by atoms with Crippen LogP contribution in [0.2, 0.25) is 15.1 Å². The predicted octanol–water partition coefficient (Wildman–Crippen LogP) is 6.79. The number of sulfonamides is 1. The molecule has 1 N–H and O–H groups in total. The summed E-state index contributed by atoms with van der Waals surface area (Å²) in [7, 11) is -4.21. The number of nitrogens with zero attached hydrogens (tertiary/aromatic N) is 2. The fourth-order valence-corrected chi connectivity index (χ4v) is 6.21. The molecule has 2 atom stereocenters. The van der Waals surface area contributed by atoms with Crippen molar-refractivity contribution in [2.45, 2.75) is 64.6 Å². The minimum Gasteiger partial charge on any atom is -0.352 e. The van der Waals surface area contributed by atoms with Crippen molar-refractivity contribution in [3.63, 3.8) is 0 Å². The summed E-state index contributed by atoms with van der Waals surface area (Å²) in [5.74, 6) is -0.970. The minimum absolute atomic E-state index is 0.0186. The second-order valence-corrected chi connectivity index (χ2v) is 13.1. The van der Waals surface area contributed by atoms with Crippen molar-refractivity contribution in [3.8, 4) is 0 Å². The first kappa shape index (κ1) is 32.7. The van der Waals surface area contributed by atoms with Crippen molar-refractivity contribution in [2.75, 3.05) is 10.8 Å². The summed E-state index contributed by atoms with van der Waals surface area (Å²) in [5, 5.41) is 3.99. The van der Waals surface area contributed by atoms with Crippen LogP contribution in [0.15, 0.2) is 65.6 Å². The number of carbonyl (C=O) groups excluding carboxylic acids is 2. The molecule has 0 aliphatic carbocycles. The maximum atomic E-state index is 14.1. The van der Waals surface area contributed by atoms with E-state index in [1.807, 2.05) is 20.8 Å². The second-order valence-electron chi connectivity index (χ2n) is 9.96. The molecule has 0 aliphatic rings. The van der Waals surface area contributed by atoms with Crippen LogP contribution in [0.3, 0.4) is 0 Å². The monoisotopic (exact) mass is 637 g/mol. The maximum absolute atomic E-state index is 14.1. The van der Waals surface area contributed by atoms with Crippen LogP contribution in [0.5, 0.6) is 0 Å². The van der Waals surface area contributed by atoms with Gasteiger partial charge in [0, 0.05) is 27.7 Å². The Morgan fingerprint density at radius 3 is 2.20 bits per heavy atom. The Hall–Kier alpha value is -2.78. The van der Waals surface area contributed by atoms with Crippen molar-refractivity contribution in [3.05, 3.63) is 92.4 Å². The Labute approximate surface area is 257 Å². The van der Waals surface area contributed by atoms with E-state index < -0.39 is 28.5 Å². The fourth-order valence-electron chi connectivity index (χ4n) is 4.10. The number of aryl methyl sites for hydroxylation is 1. The van der Waals surface area contributed by atoms with Gasteiger partial charge in [-0.3, -0.25) is 13.9 Å². The molecule has 0 fully saturated rings. The molecule has 0 bridgehead atoms. The Morgan fingerprint density at radius 1 is 0.927 bits per heavy atom. The van der Waals surface area contributed by atoms with Crippen molar-refractivity contribution in [1.82, 2.24) is 10.2 Å². The van der Waals surface area contributed by atoms with Crippen LogP contribution >= 0.6 is 34.8 Å². The van der Waals surface area contributed by atoms with Crippen LogP contribution < -0.4 is 9.62 Å². The highest BCUT2D eigenvalue weighted by atomic mass is 35.5. The number of carbonyl (C=O) groups is 2. The predicted molar refractivity (Wildman–Crippen MR) is 166 cm³/mol. The number of nitrogens with one attached hydrogen (secondary N) is 1. The molecule has 0 spiro atoms. The van der Waals surface area contributed by atoms with Gasteiger partial charge in [0.15, 0.2) is 0 Å². The van der Waals surface area contributed by atoms with Gasteiger partial charge in [-0.25, -0.2) is 8.42 Å². The first-order valence-corrected chi connectivity index (χ1v) is 15.7. The second kappa shape index (κ2) is 13.9. The first-order valence-electron chi connectivity index (χ1n) is 13.1. The first-order chi connectivity index (χ1) is 19.3. The van der Waals surface area contributed by atoms with Gasteiger partial charge in [-0.1, -0.05) is 71.6 Å². The van der Waals surface area contributed by atoms with Gasteiger partial charge in [0.1, 0.15) is 12.6 Å². The Bertz CT molecular complexity index is 1510. The zero-order chi connectivity index (χ0) is 30.5. The van der Waals surface area contributed by atoms with Gasteiger partial charge in [0.05, 0.1) is 10.6 Å². The molecular weight excluding hydrogens is 605 g/mol. The van der Waals surface area contributed by atoms with Crippen LogP contribution in [-0.4, -0.2) is 43.8 Å². The average Bonchev–Trinajstić information content (AvgIpc) is 2.92. The van der Waals surface area contributed by atoms with Crippen molar-refractivity contribution in [1.29, 1.82) is 0 Å². The summed E-state index contributed by atoms with van der Waals surface area (Å²) in [6, 6.07) is 15.0. The zero-order valence-corrected chi connectivity index (χ0v) is 26.7. The van der Waals surface area contributed by atoms with Crippen molar-refractivity contribution in [2.24, 2.45) is 0 Å². The SMILES string of the molecule is CC[C@H](C)NC(=O)[C@H](C)N(Cc1ccc(Cl)cc1Cl)C(=O)CN(c1cccc(Cl)c1C)S(=O)(=O)c1ccc(C)cc1. The Kier molecular flexibility index (Phi) is 11.1. The summed E-state index contributed by atoms with van der Waals surface area (Å²) in [4.78, 5) is 28.6. The summed E-state index contributed by atoms with van der Waals surface area (Å²) in [5.41, 5.74) is 2.19. The van der Waals surface area contributed by atoms with E-state index in [0.29, 0.717) is 32.6 Å². The lowest BCUT2D eigenvalue weighted by Crippen LogP contribution is -2.52. The largest absolute Gasteiger partial charge is 0.352 e. The number of rotatable bonds is 11. The van der Waals surface area contributed by atoms with E-state index in [1.54, 1.807) is 62.4 Å². The van der Waals surface area contributed by atoms with Gasteiger partial charge in [0.25, 0.3) is 10.0 Å². The standard InChI is InChI=1S/C30H34Cl3N3O4S/c1-6-20(3)34-30(38)22(5)35(17-23-12-13-24(31)16-27(23)33)29(37)18-36(28-9-7-8-26(32)21(28)4)41(39,40)25-14-10-19(2)11-15-25/h7-16,20,22H,6,17-18H2,1-5H3,(H,34,38)/t20-,22-/m0/s1. The molecule has 0 saturated heterocycles. The lowest BCUT2D eigenvalue weighted by Gasteiger charge is -2.33. The van der Waals surface area contributed by atoms with Gasteiger partial charge in [-0.15, -0.1) is 0 Å². The lowest BCUT2D eigenvalue weighted by atomic mass is 10.1. The summed E-state index contributed by atoms with van der Waals surface area (Å²) < 4.78 is 29.0. The molecule has 0 aliphatic heterocycles. The Balaban J connectivity index is 2.09. The molecule has 0 heterocycles. The summed E-state index contributed by atoms with van der Waals surface area (Å²) in [6.45, 7) is 8.32. The van der Waals surface area contributed by atoms with E-state index in [2.05, 4.69) is 5.32 Å². The molecule has 0 aromatic heterocycles. The normalized spacial score (nSPS) is 12.9. The third-order valence-corrected chi connectivity index (χ3v) is 9.69. The summed E-state index contributed by atoms with van der Waals surface area (Å²) in [6.07, 6.45) is 0.700. The maximum Gasteiger partial charge on any atom is 0.264 e. The molecule has 0 saturated carbocycles. The zero-order valence-electron chi connectivity index (χ0n) is 23.6. The van der Waals surface area contributed by atoms with Crippen LogP contribution in [0.1, 0.15) is 43.9 Å². The lowest BCUT2D eigenvalue weighted by molar-refractivity contribution is -0.139. The molecule has 220 valence electrons. The minimum atomic E-state index is -4.21. The molecule has 3 aromatic rings. The Morgan fingerprint density at radius 2 is 1.59 bits per heavy atom. The molecule has 0 unspecified atom stereocenters. The van der Waals surface area contributed by atoms with Crippen LogP contribution in [0, 0.1) is 13.8 Å². The highest BCUT2D eigenvalue weighted by Crippen LogP contribution is 2.31. The number of anilines is 1. The quantitative estimate of drug-likeness (QED) is 0.251. The number of hydrogen-bond acceptors (Lipinski definition) is 4. The van der Waals surface area contributed by atoms with Gasteiger partial charge in [-0.2, -0.15) is 0 Å². The third kappa shape index (κ3) is 7.95. The molecule has 3 rings (SSSR count). The molecule has 3 aromatic carbocycles. The van der Waals surface area contributed by atoms with Gasteiger partial charge >= 0.3 is 0 Å². The number of halogens is 3. The van der Waals surface area contributed by atoms with E-state index in [4.69, 9.17) is 34.8 Å². The summed E-state index contributed by atoms with van der Waals surface area (Å²) >= 11 is 18.9. The van der Waals surface area contributed by atoms with E-state index in [1.165, 1.54) is 17.0 Å². The van der Waals surface area contributed by atoms with E-state index in [0.717, 1.165) is 9.87 Å². The number of hydrogen-bond donors (Lipinski definition) is 1. The molecular formula is C30H34Cl3N3O4S. The van der Waals surface area contributed by atoms with Crippen LogP contribution in [0.4, 0.5) is 5.69 Å². The topological polar surface area (TPSA) is 86.8 Å². The molecule has 0 radical (unpaired) electrons. The molecule has 11 heteroatoms. The highest BCUT2D eigenvalue weighted by Gasteiger charge is 2.33. The van der Waals surface area contributed by atoms with Crippen molar-refractivity contribution >= 4 is 62.3 Å². The smallest absolute Gasteiger partial charge is 0.264 e. The van der Waals surface area contributed by atoms with E-state index in [9.17, 15) is 18.0 Å². The van der Waals surface area contributed by atoms with E-state index in [-0.39, 0.29) is 29.1 Å². The fraction of sp³-hybridized carbons (Fsp3) is 0.333. The van der Waals surface area contributed by atoms with E-state index >= 15 is 0 Å². The van der Waals surface area contributed by atoms with Gasteiger partial charge in [-0.05, 0) is 81.6 Å². The van der Waals surface area contributed by atoms with Crippen LogP contribution in [-0.2, 0) is 26.2 Å². The van der Waals surface area contributed by atoms with Gasteiger partial charge < -0.3 is 10.2 Å². The molecule has 41 heavy (non-hydrogen) atoms. The molecule has 2 amide bonds. The third-order valence-electron chi connectivity index (χ3n) is 6.92. The van der Waals surface area contributed by atoms with Crippen LogP contribution in [0.25, 0.3) is 0 Å².